The molecular weight excluding hydrogens is 447 g/mol. The summed E-state index contributed by atoms with van der Waals surface area (Å²) in [5.41, 5.74) is -7.87. The summed E-state index contributed by atoms with van der Waals surface area (Å²) in [5, 5.41) is 11.2. The molecule has 2 rings (SSSR count). The summed E-state index contributed by atoms with van der Waals surface area (Å²) in [4.78, 5) is -1.11. The first-order chi connectivity index (χ1) is 12.3. The van der Waals surface area contributed by atoms with Gasteiger partial charge < -0.3 is 9.29 Å². The van der Waals surface area contributed by atoms with Gasteiger partial charge in [0.15, 0.2) is 0 Å². The molecule has 0 aliphatic rings. The number of hydrogen-bond acceptors (Lipinski definition) is 4. The van der Waals surface area contributed by atoms with Gasteiger partial charge in [-0.25, -0.2) is 0 Å². The van der Waals surface area contributed by atoms with Gasteiger partial charge in [-0.3, -0.25) is 0 Å². The average Bonchev–Trinajstić information content (AvgIpc) is 2.89. The minimum absolute atomic E-state index is 0.469. The second kappa shape index (κ2) is 7.31. The number of hydrogen-bond donors (Lipinski definition) is 0. The molecule has 0 aliphatic heterocycles. The second-order valence-corrected chi connectivity index (χ2v) is 6.93. The lowest BCUT2D eigenvalue weighted by Gasteiger charge is -2.15. The van der Waals surface area contributed by atoms with Gasteiger partial charge in [0, 0.05) is 0 Å². The zero-order chi connectivity index (χ0) is 20.7. The molecule has 0 spiro atoms. The molecule has 0 bridgehead atoms. The Balaban J connectivity index is 2.78. The molecule has 0 radical (unpaired) electrons. The van der Waals surface area contributed by atoms with Crippen LogP contribution < -0.4 is 4.74 Å². The molecule has 146 valence electrons. The number of benzene rings is 1. The average molecular weight is 452 g/mol. The van der Waals surface area contributed by atoms with Crippen LogP contribution in [0.15, 0.2) is 17.0 Å². The molecule has 27 heavy (non-hydrogen) atoms. The summed E-state index contributed by atoms with van der Waals surface area (Å²) in [6.45, 7) is 0. The van der Waals surface area contributed by atoms with Crippen molar-refractivity contribution in [1.29, 1.82) is 5.26 Å². The van der Waals surface area contributed by atoms with Gasteiger partial charge in [-0.1, -0.05) is 23.2 Å². The van der Waals surface area contributed by atoms with Crippen LogP contribution in [-0.2, 0) is 17.4 Å². The van der Waals surface area contributed by atoms with Gasteiger partial charge >= 0.3 is 11.7 Å². The third-order valence-corrected chi connectivity index (χ3v) is 4.79. The molecular formula is C13H5Cl2F6N3O2S. The number of alkyl halides is 6. The largest absolute Gasteiger partial charge is 0.604 e. The molecule has 0 saturated heterocycles. The molecule has 0 amide bonds. The van der Waals surface area contributed by atoms with Crippen molar-refractivity contribution in [3.8, 4) is 17.6 Å². The SMILES string of the molecule is COc1c([S+]([O-])C(F)(F)F)c(C#N)nn1-c1c(Cl)cc(C(F)(F)F)cc1Cl. The third-order valence-electron chi connectivity index (χ3n) is 3.05. The van der Waals surface area contributed by atoms with Crippen LogP contribution >= 0.6 is 23.2 Å². The van der Waals surface area contributed by atoms with Crippen molar-refractivity contribution in [3.05, 3.63) is 33.4 Å². The maximum Gasteiger partial charge on any atom is 0.578 e. The Morgan fingerprint density at radius 3 is 2.07 bits per heavy atom. The van der Waals surface area contributed by atoms with Gasteiger partial charge in [0.25, 0.3) is 10.8 Å². The van der Waals surface area contributed by atoms with Crippen LogP contribution in [0.25, 0.3) is 5.69 Å². The number of rotatable bonds is 3. The summed E-state index contributed by atoms with van der Waals surface area (Å²) in [6.07, 6.45) is -4.79. The minimum Gasteiger partial charge on any atom is -0.604 e. The zero-order valence-corrected chi connectivity index (χ0v) is 15.1. The molecule has 2 aromatic rings. The molecule has 1 aromatic heterocycles. The van der Waals surface area contributed by atoms with E-state index in [4.69, 9.17) is 33.2 Å². The number of methoxy groups -OCH3 is 1. The Morgan fingerprint density at radius 1 is 1.19 bits per heavy atom. The summed E-state index contributed by atoms with van der Waals surface area (Å²) < 4.78 is 93.9. The third kappa shape index (κ3) is 4.06. The lowest BCUT2D eigenvalue weighted by molar-refractivity contribution is -0.137. The summed E-state index contributed by atoms with van der Waals surface area (Å²) in [5.74, 6) is -0.814. The maximum absolute atomic E-state index is 12.8. The smallest absolute Gasteiger partial charge is 0.578 e. The first-order valence-electron chi connectivity index (χ1n) is 6.45. The molecule has 1 atom stereocenters. The number of nitrogens with zero attached hydrogens (tertiary/aromatic N) is 3. The molecule has 0 aliphatic carbocycles. The van der Waals surface area contributed by atoms with Crippen molar-refractivity contribution in [3.63, 3.8) is 0 Å². The molecule has 1 aromatic carbocycles. The Labute approximate surface area is 160 Å². The Bertz CT molecular complexity index is 899. The van der Waals surface area contributed by atoms with Crippen LogP contribution in [0, 0.1) is 11.3 Å². The summed E-state index contributed by atoms with van der Waals surface area (Å²) >= 11 is 7.89. The first-order valence-corrected chi connectivity index (χ1v) is 8.35. The van der Waals surface area contributed by atoms with E-state index in [0.717, 1.165) is 7.11 Å². The van der Waals surface area contributed by atoms with Crippen LogP contribution in [0.3, 0.4) is 0 Å². The van der Waals surface area contributed by atoms with E-state index in [2.05, 4.69) is 5.10 Å². The number of aromatic nitrogens is 2. The fraction of sp³-hybridized carbons (Fsp3) is 0.231. The van der Waals surface area contributed by atoms with Gasteiger partial charge in [0.05, 0.1) is 22.7 Å². The highest BCUT2D eigenvalue weighted by Crippen LogP contribution is 2.42. The lowest BCUT2D eigenvalue weighted by Crippen LogP contribution is -2.24. The molecule has 14 heteroatoms. The minimum atomic E-state index is -5.25. The van der Waals surface area contributed by atoms with Crippen LogP contribution in [0.2, 0.25) is 10.0 Å². The van der Waals surface area contributed by atoms with E-state index >= 15 is 0 Å². The molecule has 0 N–H and O–H groups in total. The van der Waals surface area contributed by atoms with Crippen molar-refractivity contribution in [2.24, 2.45) is 0 Å². The predicted octanol–water partition coefficient (Wildman–Crippen LogP) is 4.71. The van der Waals surface area contributed by atoms with Crippen LogP contribution in [0.5, 0.6) is 5.88 Å². The van der Waals surface area contributed by atoms with Crippen molar-refractivity contribution < 1.29 is 35.6 Å². The van der Waals surface area contributed by atoms with E-state index in [9.17, 15) is 30.9 Å². The van der Waals surface area contributed by atoms with E-state index in [1.807, 2.05) is 0 Å². The number of halogens is 8. The fourth-order valence-electron chi connectivity index (χ4n) is 2.01. The standard InChI is InChI=1S/C13H5Cl2F6N3O2S/c1-26-11-10(27(25)13(19,20)21)8(4-22)23-24(11)9-6(14)2-5(3-7(9)15)12(16,17)18/h2-3H,1H3. The van der Waals surface area contributed by atoms with E-state index in [0.29, 0.717) is 16.8 Å². The normalized spacial score (nSPS) is 13.4. The van der Waals surface area contributed by atoms with Gasteiger partial charge in [0.1, 0.15) is 22.9 Å². The van der Waals surface area contributed by atoms with Crippen molar-refractivity contribution >= 4 is 34.4 Å². The Hall–Kier alpha value is -1.81. The highest BCUT2D eigenvalue weighted by Gasteiger charge is 2.51. The lowest BCUT2D eigenvalue weighted by atomic mass is 10.2. The monoisotopic (exact) mass is 451 g/mol. The van der Waals surface area contributed by atoms with Gasteiger partial charge in [-0.05, 0) is 12.1 Å². The van der Waals surface area contributed by atoms with Gasteiger partial charge in [-0.15, -0.1) is 18.3 Å². The molecule has 1 heterocycles. The van der Waals surface area contributed by atoms with E-state index in [-0.39, 0.29) is 0 Å². The number of nitriles is 1. The first kappa shape index (κ1) is 21.5. The van der Waals surface area contributed by atoms with Crippen LogP contribution in [0.1, 0.15) is 11.3 Å². The van der Waals surface area contributed by atoms with Gasteiger partial charge in [0.2, 0.25) is 5.69 Å². The topological polar surface area (TPSA) is 73.9 Å². The number of ether oxygens (including phenoxy) is 1. The Kier molecular flexibility index (Phi) is 5.82. The van der Waals surface area contributed by atoms with Crippen LogP contribution in [-0.4, -0.2) is 27.0 Å². The van der Waals surface area contributed by atoms with Crippen molar-refractivity contribution in [2.75, 3.05) is 7.11 Å². The quantitative estimate of drug-likeness (QED) is 0.500. The highest BCUT2D eigenvalue weighted by molar-refractivity contribution is 7.92. The molecule has 1 unspecified atom stereocenters. The van der Waals surface area contributed by atoms with Crippen molar-refractivity contribution in [2.45, 2.75) is 16.6 Å². The molecule has 0 fully saturated rings. The predicted molar refractivity (Wildman–Crippen MR) is 82.3 cm³/mol. The second-order valence-electron chi connectivity index (χ2n) is 4.71. The summed E-state index contributed by atoms with van der Waals surface area (Å²) in [6, 6.07) is 2.25. The van der Waals surface area contributed by atoms with Gasteiger partial charge in [-0.2, -0.15) is 23.1 Å². The summed E-state index contributed by atoms with van der Waals surface area (Å²) in [7, 11) is 0.887. The van der Waals surface area contributed by atoms with E-state index in [1.165, 1.54) is 6.07 Å². The van der Waals surface area contributed by atoms with Crippen molar-refractivity contribution in [1.82, 2.24) is 9.78 Å². The maximum atomic E-state index is 12.8. The zero-order valence-electron chi connectivity index (χ0n) is 12.7. The highest BCUT2D eigenvalue weighted by atomic mass is 35.5. The Morgan fingerprint density at radius 2 is 1.70 bits per heavy atom. The van der Waals surface area contributed by atoms with E-state index < -0.39 is 60.6 Å². The van der Waals surface area contributed by atoms with E-state index in [1.54, 1.807) is 0 Å². The molecule has 0 saturated carbocycles. The van der Waals surface area contributed by atoms with Crippen LogP contribution in [0.4, 0.5) is 26.3 Å². The molecule has 5 nitrogen and oxygen atoms in total. The fourth-order valence-corrected chi connectivity index (χ4v) is 3.48.